The number of carbonyl (C=O) groups excluding carboxylic acids is 1. The van der Waals surface area contributed by atoms with Crippen molar-refractivity contribution >= 4 is 5.78 Å². The molecule has 19 heavy (non-hydrogen) atoms. The van der Waals surface area contributed by atoms with E-state index in [-0.39, 0.29) is 11.9 Å². The Balaban J connectivity index is 2.26. The summed E-state index contributed by atoms with van der Waals surface area (Å²) in [6.45, 7) is 10.1. The number of ketones is 1. The molecule has 0 heterocycles. The third-order valence-electron chi connectivity index (χ3n) is 3.06. The van der Waals surface area contributed by atoms with Crippen LogP contribution in [-0.2, 0) is 4.74 Å². The SMILES string of the molecule is Cc1ccc(C(=O)CNCCCOC(C)C)cc1C. The molecule has 106 valence electrons. The van der Waals surface area contributed by atoms with Gasteiger partial charge in [0.05, 0.1) is 12.6 Å². The molecule has 1 N–H and O–H groups in total. The Morgan fingerprint density at radius 3 is 2.63 bits per heavy atom. The molecular formula is C16H25NO2. The molecule has 1 aromatic carbocycles. The molecule has 3 nitrogen and oxygen atoms in total. The fourth-order valence-corrected chi connectivity index (χ4v) is 1.74. The van der Waals surface area contributed by atoms with Crippen molar-refractivity contribution in [1.82, 2.24) is 5.32 Å². The predicted molar refractivity (Wildman–Crippen MR) is 78.8 cm³/mol. The highest BCUT2D eigenvalue weighted by Crippen LogP contribution is 2.10. The molecule has 0 fully saturated rings. The topological polar surface area (TPSA) is 38.3 Å². The molecule has 0 spiro atoms. The Morgan fingerprint density at radius 1 is 1.26 bits per heavy atom. The number of hydrogen-bond acceptors (Lipinski definition) is 3. The second-order valence-corrected chi connectivity index (χ2v) is 5.17. The van der Waals surface area contributed by atoms with Gasteiger partial charge in [-0.05, 0) is 57.9 Å². The summed E-state index contributed by atoms with van der Waals surface area (Å²) in [7, 11) is 0. The third-order valence-corrected chi connectivity index (χ3v) is 3.06. The van der Waals surface area contributed by atoms with Crippen LogP contribution in [-0.4, -0.2) is 31.6 Å². The number of Topliss-reactive ketones (excluding diaryl/α,β-unsaturated/α-hetero) is 1. The van der Waals surface area contributed by atoms with Crippen molar-refractivity contribution in [3.63, 3.8) is 0 Å². The summed E-state index contributed by atoms with van der Waals surface area (Å²) in [4.78, 5) is 12.0. The molecule has 0 bridgehead atoms. The predicted octanol–water partition coefficient (Wildman–Crippen LogP) is 2.89. The minimum absolute atomic E-state index is 0.146. The zero-order chi connectivity index (χ0) is 14.3. The number of ether oxygens (including phenoxy) is 1. The van der Waals surface area contributed by atoms with Crippen LogP contribution in [0.3, 0.4) is 0 Å². The van der Waals surface area contributed by atoms with E-state index in [0.717, 1.165) is 30.7 Å². The Hall–Kier alpha value is -1.19. The highest BCUT2D eigenvalue weighted by Gasteiger charge is 2.06. The highest BCUT2D eigenvalue weighted by molar-refractivity contribution is 5.97. The van der Waals surface area contributed by atoms with Crippen LogP contribution >= 0.6 is 0 Å². The van der Waals surface area contributed by atoms with Crippen LogP contribution in [0.15, 0.2) is 18.2 Å². The summed E-state index contributed by atoms with van der Waals surface area (Å²) in [6.07, 6.45) is 1.20. The first-order chi connectivity index (χ1) is 9.00. The normalized spacial score (nSPS) is 11.0. The fraction of sp³-hybridized carbons (Fsp3) is 0.562. The van der Waals surface area contributed by atoms with Gasteiger partial charge in [-0.25, -0.2) is 0 Å². The number of aryl methyl sites for hydroxylation is 2. The molecule has 0 saturated carbocycles. The first kappa shape index (κ1) is 15.9. The van der Waals surface area contributed by atoms with Gasteiger partial charge in [0.1, 0.15) is 0 Å². The first-order valence-corrected chi connectivity index (χ1v) is 6.93. The second kappa shape index (κ2) is 8.08. The minimum atomic E-state index is 0.146. The summed E-state index contributed by atoms with van der Waals surface area (Å²) >= 11 is 0. The lowest BCUT2D eigenvalue weighted by molar-refractivity contribution is 0.0767. The van der Waals surface area contributed by atoms with Crippen molar-refractivity contribution in [3.05, 3.63) is 34.9 Å². The Bertz CT molecular complexity index is 413. The van der Waals surface area contributed by atoms with Gasteiger partial charge in [0.15, 0.2) is 5.78 Å². The Labute approximate surface area is 116 Å². The molecule has 0 saturated heterocycles. The van der Waals surface area contributed by atoms with Gasteiger partial charge in [-0.1, -0.05) is 12.1 Å². The van der Waals surface area contributed by atoms with Crippen LogP contribution in [0.1, 0.15) is 41.8 Å². The lowest BCUT2D eigenvalue weighted by Crippen LogP contribution is -2.25. The first-order valence-electron chi connectivity index (χ1n) is 6.93. The van der Waals surface area contributed by atoms with Gasteiger partial charge < -0.3 is 10.1 Å². The molecule has 3 heteroatoms. The zero-order valence-corrected chi connectivity index (χ0v) is 12.5. The maximum atomic E-state index is 12.0. The van der Waals surface area contributed by atoms with E-state index < -0.39 is 0 Å². The molecule has 0 aliphatic heterocycles. The molecule has 0 unspecified atom stereocenters. The molecule has 0 aliphatic rings. The Kier molecular flexibility index (Phi) is 6.74. The lowest BCUT2D eigenvalue weighted by atomic mass is 10.0. The van der Waals surface area contributed by atoms with E-state index in [4.69, 9.17) is 4.74 Å². The molecule has 0 atom stereocenters. The summed E-state index contributed by atoms with van der Waals surface area (Å²) in [5, 5.41) is 3.16. The maximum Gasteiger partial charge on any atom is 0.176 e. The number of benzene rings is 1. The van der Waals surface area contributed by atoms with Gasteiger partial charge in [-0.3, -0.25) is 4.79 Å². The van der Waals surface area contributed by atoms with Crippen molar-refractivity contribution in [2.24, 2.45) is 0 Å². The molecular weight excluding hydrogens is 238 g/mol. The minimum Gasteiger partial charge on any atom is -0.379 e. The third kappa shape index (κ3) is 5.99. The van der Waals surface area contributed by atoms with Gasteiger partial charge >= 0.3 is 0 Å². The van der Waals surface area contributed by atoms with Crippen LogP contribution in [0.2, 0.25) is 0 Å². The van der Waals surface area contributed by atoms with Gasteiger partial charge in [0.25, 0.3) is 0 Å². The van der Waals surface area contributed by atoms with Crippen LogP contribution in [0.25, 0.3) is 0 Å². The van der Waals surface area contributed by atoms with E-state index in [2.05, 4.69) is 12.2 Å². The average molecular weight is 263 g/mol. The van der Waals surface area contributed by atoms with E-state index >= 15 is 0 Å². The highest BCUT2D eigenvalue weighted by atomic mass is 16.5. The molecule has 0 radical (unpaired) electrons. The van der Waals surface area contributed by atoms with E-state index in [1.807, 2.05) is 39.0 Å². The largest absolute Gasteiger partial charge is 0.379 e. The van der Waals surface area contributed by atoms with Crippen molar-refractivity contribution in [3.8, 4) is 0 Å². The van der Waals surface area contributed by atoms with Gasteiger partial charge in [-0.15, -0.1) is 0 Å². The quantitative estimate of drug-likeness (QED) is 0.579. The lowest BCUT2D eigenvalue weighted by Gasteiger charge is -2.08. The monoisotopic (exact) mass is 263 g/mol. The van der Waals surface area contributed by atoms with Crippen LogP contribution < -0.4 is 5.32 Å². The molecule has 1 aromatic rings. The van der Waals surface area contributed by atoms with Crippen molar-refractivity contribution in [2.75, 3.05) is 19.7 Å². The van der Waals surface area contributed by atoms with Crippen LogP contribution in [0, 0.1) is 13.8 Å². The van der Waals surface area contributed by atoms with Crippen molar-refractivity contribution < 1.29 is 9.53 Å². The summed E-state index contributed by atoms with van der Waals surface area (Å²) in [5.74, 6) is 0.146. The summed E-state index contributed by atoms with van der Waals surface area (Å²) < 4.78 is 5.44. The number of rotatable bonds is 8. The van der Waals surface area contributed by atoms with E-state index in [1.54, 1.807) is 0 Å². The van der Waals surface area contributed by atoms with Gasteiger partial charge in [0.2, 0.25) is 0 Å². The molecule has 0 aliphatic carbocycles. The van der Waals surface area contributed by atoms with E-state index in [1.165, 1.54) is 5.56 Å². The smallest absolute Gasteiger partial charge is 0.176 e. The molecule has 0 amide bonds. The summed E-state index contributed by atoms with van der Waals surface area (Å²) in [6, 6.07) is 5.86. The number of hydrogen-bond donors (Lipinski definition) is 1. The van der Waals surface area contributed by atoms with Crippen molar-refractivity contribution in [1.29, 1.82) is 0 Å². The Morgan fingerprint density at radius 2 is 2.00 bits per heavy atom. The van der Waals surface area contributed by atoms with Crippen LogP contribution in [0.5, 0.6) is 0 Å². The molecule has 1 rings (SSSR count). The molecule has 0 aromatic heterocycles. The van der Waals surface area contributed by atoms with Crippen molar-refractivity contribution in [2.45, 2.75) is 40.2 Å². The van der Waals surface area contributed by atoms with Crippen LogP contribution in [0.4, 0.5) is 0 Å². The standard InChI is InChI=1S/C16H25NO2/c1-12(2)19-9-5-8-17-11-16(18)15-7-6-13(3)14(4)10-15/h6-7,10,12,17H,5,8-9,11H2,1-4H3. The zero-order valence-electron chi connectivity index (χ0n) is 12.5. The maximum absolute atomic E-state index is 12.0. The fourth-order valence-electron chi connectivity index (χ4n) is 1.74. The summed E-state index contributed by atoms with van der Waals surface area (Å²) in [5.41, 5.74) is 3.17. The van der Waals surface area contributed by atoms with E-state index in [0.29, 0.717) is 6.54 Å². The van der Waals surface area contributed by atoms with Gasteiger partial charge in [-0.2, -0.15) is 0 Å². The van der Waals surface area contributed by atoms with Gasteiger partial charge in [0, 0.05) is 12.2 Å². The second-order valence-electron chi connectivity index (χ2n) is 5.17. The van der Waals surface area contributed by atoms with E-state index in [9.17, 15) is 4.79 Å². The average Bonchev–Trinajstić information content (AvgIpc) is 2.36. The number of nitrogens with one attached hydrogen (secondary N) is 1. The number of carbonyl (C=O) groups is 1.